The molecule has 0 amide bonds. The van der Waals surface area contributed by atoms with Crippen molar-refractivity contribution in [2.24, 2.45) is 0 Å². The summed E-state index contributed by atoms with van der Waals surface area (Å²) in [6.07, 6.45) is 20.9. The second-order valence-corrected chi connectivity index (χ2v) is 13.4. The van der Waals surface area contributed by atoms with Crippen molar-refractivity contribution in [1.82, 2.24) is 9.13 Å². The van der Waals surface area contributed by atoms with Crippen molar-refractivity contribution in [1.29, 1.82) is 0 Å². The van der Waals surface area contributed by atoms with Gasteiger partial charge < -0.3 is 19.3 Å². The monoisotopic (exact) mass is 636 g/mol. The van der Waals surface area contributed by atoms with Gasteiger partial charge in [-0.05, 0) is 31.2 Å². The molecule has 0 radical (unpaired) electrons. The number of hydrogen-bond donors (Lipinski definition) is 2. The summed E-state index contributed by atoms with van der Waals surface area (Å²) in [7, 11) is -4.29. The zero-order chi connectivity index (χ0) is 31.9. The van der Waals surface area contributed by atoms with E-state index in [2.05, 4.69) is 6.92 Å². The summed E-state index contributed by atoms with van der Waals surface area (Å²) in [5.74, 6) is 0. The first-order valence-corrected chi connectivity index (χ1v) is 18.7. The lowest BCUT2D eigenvalue weighted by Crippen LogP contribution is -2.42. The third-order valence-electron chi connectivity index (χ3n) is 7.88. The molecular weight excluding hydrogens is 579 g/mol. The molecule has 250 valence electrons. The van der Waals surface area contributed by atoms with Gasteiger partial charge in [0.15, 0.2) is 0 Å². The van der Waals surface area contributed by atoms with Crippen LogP contribution in [0.15, 0.2) is 46.1 Å². The summed E-state index contributed by atoms with van der Waals surface area (Å²) in [6, 6.07) is 9.84. The molecule has 0 fully saturated rings. The molecule has 0 bridgehead atoms. The fraction of sp³-hybridized carbons (Fsp3) is 0.706. The number of aromatic nitrogens is 2. The lowest BCUT2D eigenvalue weighted by Gasteiger charge is -2.14. The van der Waals surface area contributed by atoms with E-state index in [1.54, 1.807) is 6.20 Å². The Bertz CT molecular complexity index is 1180. The van der Waals surface area contributed by atoms with Crippen LogP contribution in [-0.4, -0.2) is 45.1 Å². The van der Waals surface area contributed by atoms with Crippen molar-refractivity contribution in [3.05, 3.63) is 68.5 Å². The van der Waals surface area contributed by atoms with Crippen LogP contribution in [0.1, 0.15) is 114 Å². The van der Waals surface area contributed by atoms with E-state index in [0.717, 1.165) is 18.4 Å². The van der Waals surface area contributed by atoms with Crippen LogP contribution in [0.2, 0.25) is 0 Å². The van der Waals surface area contributed by atoms with Gasteiger partial charge in [0, 0.05) is 31.5 Å². The fourth-order valence-corrected chi connectivity index (χ4v) is 5.71. The topological polar surface area (TPSA) is 120 Å². The van der Waals surface area contributed by atoms with Crippen molar-refractivity contribution >= 4 is 7.60 Å². The van der Waals surface area contributed by atoms with E-state index in [4.69, 9.17) is 19.3 Å². The molecule has 2 aromatic rings. The molecule has 9 nitrogen and oxygen atoms in total. The van der Waals surface area contributed by atoms with E-state index < -0.39 is 19.6 Å². The molecule has 10 heteroatoms. The Morgan fingerprint density at radius 3 is 1.84 bits per heavy atom. The molecule has 0 aliphatic heterocycles. The van der Waals surface area contributed by atoms with Crippen LogP contribution < -0.4 is 11.2 Å². The molecule has 1 aromatic carbocycles. The molecule has 0 atom stereocenters. The highest BCUT2D eigenvalue weighted by molar-refractivity contribution is 7.51. The largest absolute Gasteiger partial charge is 0.381 e. The Morgan fingerprint density at radius 2 is 1.25 bits per heavy atom. The van der Waals surface area contributed by atoms with Gasteiger partial charge in [-0.1, -0.05) is 121 Å². The van der Waals surface area contributed by atoms with E-state index in [0.29, 0.717) is 38.0 Å². The highest BCUT2D eigenvalue weighted by atomic mass is 31.2. The van der Waals surface area contributed by atoms with Crippen LogP contribution in [0.25, 0.3) is 0 Å². The third kappa shape index (κ3) is 17.5. The van der Waals surface area contributed by atoms with Crippen LogP contribution >= 0.6 is 7.60 Å². The number of unbranched alkanes of at least 4 members (excludes halogenated alkanes) is 13. The molecule has 0 saturated heterocycles. The minimum absolute atomic E-state index is 0.0519. The minimum atomic E-state index is -4.29. The van der Waals surface area contributed by atoms with Gasteiger partial charge in [0.2, 0.25) is 0 Å². The number of nitrogens with zero attached hydrogens (tertiary/aromatic N) is 2. The van der Waals surface area contributed by atoms with Crippen molar-refractivity contribution in [2.75, 3.05) is 26.2 Å². The van der Waals surface area contributed by atoms with Crippen molar-refractivity contribution in [2.45, 2.75) is 129 Å². The Morgan fingerprint density at radius 1 is 0.682 bits per heavy atom. The van der Waals surface area contributed by atoms with Gasteiger partial charge in [0.05, 0.1) is 13.2 Å². The van der Waals surface area contributed by atoms with Gasteiger partial charge in [-0.25, -0.2) is 4.79 Å². The molecular formula is C34H57N2O7P. The molecule has 0 unspecified atom stereocenters. The SMILES string of the molecule is CCCCCCCCCCCCCCCCOCCCn1c(=O)c(CCc2ccccc2)cn(CCOCP(=O)(O)O)c1=O. The molecule has 2 rings (SSSR count). The van der Waals surface area contributed by atoms with Gasteiger partial charge in [-0.2, -0.15) is 0 Å². The highest BCUT2D eigenvalue weighted by Gasteiger charge is 2.14. The van der Waals surface area contributed by atoms with Gasteiger partial charge >= 0.3 is 13.3 Å². The van der Waals surface area contributed by atoms with Gasteiger partial charge in [-0.15, -0.1) is 0 Å². The van der Waals surface area contributed by atoms with Crippen LogP contribution in [0, 0.1) is 0 Å². The van der Waals surface area contributed by atoms with Crippen LogP contribution in [-0.2, 0) is 40.0 Å². The Balaban J connectivity index is 1.70. The average molecular weight is 637 g/mol. The molecule has 0 aliphatic rings. The molecule has 1 heterocycles. The fourth-order valence-electron chi connectivity index (χ4n) is 5.34. The first kappa shape index (κ1) is 38.2. The number of rotatable bonds is 27. The number of hydrogen-bond acceptors (Lipinski definition) is 5. The van der Waals surface area contributed by atoms with Gasteiger partial charge in [0.1, 0.15) is 6.35 Å². The van der Waals surface area contributed by atoms with E-state index in [1.165, 1.54) is 86.2 Å². The van der Waals surface area contributed by atoms with Crippen molar-refractivity contribution in [3.8, 4) is 0 Å². The highest BCUT2D eigenvalue weighted by Crippen LogP contribution is 2.33. The van der Waals surface area contributed by atoms with Gasteiger partial charge in [0.25, 0.3) is 5.56 Å². The summed E-state index contributed by atoms with van der Waals surface area (Å²) in [4.78, 5) is 44.3. The number of aryl methyl sites for hydroxylation is 2. The standard InChI is InChI=1S/C34H57N2O7P/c1-2-3-4-5-6-7-8-9-10-11-12-13-14-18-26-42-27-19-24-36-33(37)32(23-22-31-20-16-15-17-21-31)29-35(34(36)38)25-28-43-30-44(39,40)41/h15-17,20-21,29H,2-14,18-19,22-28,30H2,1H3,(H2,39,40,41). The maximum Gasteiger partial charge on any atom is 0.350 e. The lowest BCUT2D eigenvalue weighted by atomic mass is 10.0. The molecule has 0 saturated carbocycles. The Labute approximate surface area is 264 Å². The van der Waals surface area contributed by atoms with E-state index in [9.17, 15) is 14.2 Å². The smallest absolute Gasteiger partial charge is 0.350 e. The lowest BCUT2D eigenvalue weighted by molar-refractivity contribution is 0.123. The quantitative estimate of drug-likeness (QED) is 0.0814. The molecule has 2 N–H and O–H groups in total. The summed E-state index contributed by atoms with van der Waals surface area (Å²) in [5.41, 5.74) is 0.861. The average Bonchev–Trinajstić information content (AvgIpc) is 3.00. The van der Waals surface area contributed by atoms with Crippen LogP contribution in [0.3, 0.4) is 0 Å². The predicted octanol–water partition coefficient (Wildman–Crippen LogP) is 6.84. The summed E-state index contributed by atoms with van der Waals surface area (Å²) in [6.45, 7) is 3.71. The maximum absolute atomic E-state index is 13.2. The molecule has 0 aliphatic carbocycles. The first-order valence-electron chi connectivity index (χ1n) is 16.9. The Hall–Kier alpha value is -2.03. The van der Waals surface area contributed by atoms with E-state index in [1.807, 2.05) is 30.3 Å². The van der Waals surface area contributed by atoms with E-state index >= 15 is 0 Å². The van der Waals surface area contributed by atoms with Gasteiger partial charge in [-0.3, -0.25) is 18.5 Å². The summed E-state index contributed by atoms with van der Waals surface area (Å²) >= 11 is 0. The number of ether oxygens (including phenoxy) is 2. The summed E-state index contributed by atoms with van der Waals surface area (Å²) < 4.78 is 24.6. The minimum Gasteiger partial charge on any atom is -0.381 e. The second-order valence-electron chi connectivity index (χ2n) is 11.8. The zero-order valence-electron chi connectivity index (χ0n) is 27.0. The first-order chi connectivity index (χ1) is 21.3. The molecule has 1 aromatic heterocycles. The van der Waals surface area contributed by atoms with Crippen molar-refractivity contribution < 1.29 is 23.8 Å². The third-order valence-corrected chi connectivity index (χ3v) is 8.40. The van der Waals surface area contributed by atoms with Crippen molar-refractivity contribution in [3.63, 3.8) is 0 Å². The number of benzene rings is 1. The normalized spacial score (nSPS) is 11.8. The zero-order valence-corrected chi connectivity index (χ0v) is 27.9. The molecule has 44 heavy (non-hydrogen) atoms. The van der Waals surface area contributed by atoms with E-state index in [-0.39, 0.29) is 25.3 Å². The predicted molar refractivity (Wildman–Crippen MR) is 177 cm³/mol. The van der Waals surface area contributed by atoms with Crippen LogP contribution in [0.4, 0.5) is 0 Å². The summed E-state index contributed by atoms with van der Waals surface area (Å²) in [5, 5.41) is 0. The Kier molecular flexibility index (Phi) is 20.2. The van der Waals surface area contributed by atoms with Crippen LogP contribution in [0.5, 0.6) is 0 Å². The second kappa shape index (κ2) is 23.3. The maximum atomic E-state index is 13.2. The molecule has 0 spiro atoms.